The lowest BCUT2D eigenvalue weighted by Gasteiger charge is -2.25. The minimum Gasteiger partial charge on any atom is -0.310 e. The summed E-state index contributed by atoms with van der Waals surface area (Å²) in [6, 6.07) is 83.1. The van der Waals surface area contributed by atoms with Crippen LogP contribution in [0.25, 0.3) is 79.3 Å². The quantitative estimate of drug-likeness (QED) is 0.137. The second-order valence-corrected chi connectivity index (χ2v) is 17.6. The third-order valence-corrected chi connectivity index (χ3v) is 13.4. The molecule has 0 aliphatic heterocycles. The van der Waals surface area contributed by atoms with Crippen molar-refractivity contribution in [1.82, 2.24) is 24.1 Å². The molecule has 3 aromatic heterocycles. The molecule has 0 amide bonds. The SMILES string of the molecule is C1=Cc2c(n(-c3nc(-c4ccc(-c5ccccc5)cc4)nc(-n4c5ccccc5c5cc(N(c6ccccc6)c6ccccc6)ccc54)n3)c3ccc(N(c4ccccc4)c4ccccc4)cc23)C=CC1. The van der Waals surface area contributed by atoms with E-state index in [4.69, 9.17) is 15.0 Å². The van der Waals surface area contributed by atoms with Crippen LogP contribution in [0.4, 0.5) is 34.1 Å². The van der Waals surface area contributed by atoms with Crippen LogP contribution in [-0.2, 0) is 0 Å². The molecule has 0 N–H and O–H groups in total. The van der Waals surface area contributed by atoms with E-state index in [1.165, 1.54) is 0 Å². The number of anilines is 6. The first-order chi connectivity index (χ1) is 35.2. The summed E-state index contributed by atoms with van der Waals surface area (Å²) in [5, 5.41) is 3.29. The summed E-state index contributed by atoms with van der Waals surface area (Å²) in [5.41, 5.74) is 14.7. The predicted molar refractivity (Wildman–Crippen MR) is 294 cm³/mol. The first-order valence-electron chi connectivity index (χ1n) is 24.0. The summed E-state index contributed by atoms with van der Waals surface area (Å²) in [6.07, 6.45) is 9.71. The second kappa shape index (κ2) is 17.8. The molecule has 71 heavy (non-hydrogen) atoms. The third kappa shape index (κ3) is 7.53. The van der Waals surface area contributed by atoms with Crippen molar-refractivity contribution in [2.24, 2.45) is 0 Å². The lowest BCUT2D eigenvalue weighted by atomic mass is 10.0. The summed E-state index contributed by atoms with van der Waals surface area (Å²) in [6.45, 7) is 0. The molecule has 0 bridgehead atoms. The summed E-state index contributed by atoms with van der Waals surface area (Å²) in [7, 11) is 0. The Labute approximate surface area is 411 Å². The second-order valence-electron chi connectivity index (χ2n) is 17.6. The van der Waals surface area contributed by atoms with E-state index in [2.05, 4.69) is 274 Å². The molecule has 7 nitrogen and oxygen atoms in total. The van der Waals surface area contributed by atoms with Gasteiger partial charge < -0.3 is 9.80 Å². The average Bonchev–Trinajstić information content (AvgIpc) is 3.81. The minimum atomic E-state index is 0.527. The zero-order valence-electron chi connectivity index (χ0n) is 38.7. The van der Waals surface area contributed by atoms with Crippen LogP contribution in [0, 0.1) is 0 Å². The summed E-state index contributed by atoms with van der Waals surface area (Å²) < 4.78 is 4.42. The Morgan fingerprint density at radius 1 is 0.324 bits per heavy atom. The molecule has 0 unspecified atom stereocenters. The Hall–Kier alpha value is -9.59. The van der Waals surface area contributed by atoms with Gasteiger partial charge >= 0.3 is 0 Å². The zero-order valence-corrected chi connectivity index (χ0v) is 38.7. The van der Waals surface area contributed by atoms with E-state index in [9.17, 15) is 0 Å². The van der Waals surface area contributed by atoms with Crippen molar-refractivity contribution in [3.8, 4) is 34.4 Å². The normalized spacial score (nSPS) is 12.1. The molecule has 336 valence electrons. The van der Waals surface area contributed by atoms with E-state index in [-0.39, 0.29) is 0 Å². The Morgan fingerprint density at radius 3 is 1.34 bits per heavy atom. The molecule has 0 saturated carbocycles. The van der Waals surface area contributed by atoms with Gasteiger partial charge in [0.25, 0.3) is 0 Å². The number of hydrogen-bond acceptors (Lipinski definition) is 5. The van der Waals surface area contributed by atoms with Crippen LogP contribution < -0.4 is 9.80 Å². The van der Waals surface area contributed by atoms with E-state index in [1.807, 2.05) is 6.07 Å². The predicted octanol–water partition coefficient (Wildman–Crippen LogP) is 16.6. The average molecular weight is 912 g/mol. The van der Waals surface area contributed by atoms with Gasteiger partial charge in [0.15, 0.2) is 5.82 Å². The van der Waals surface area contributed by atoms with Gasteiger partial charge in [-0.25, -0.2) is 0 Å². The van der Waals surface area contributed by atoms with E-state index >= 15 is 0 Å². The van der Waals surface area contributed by atoms with Crippen molar-refractivity contribution in [3.05, 3.63) is 260 Å². The van der Waals surface area contributed by atoms with Crippen molar-refractivity contribution in [2.45, 2.75) is 6.42 Å². The largest absolute Gasteiger partial charge is 0.310 e. The van der Waals surface area contributed by atoms with Gasteiger partial charge in [-0.15, -0.1) is 0 Å². The number of aromatic nitrogens is 5. The number of rotatable bonds is 10. The molecule has 1 aliphatic carbocycles. The Kier molecular flexibility index (Phi) is 10.4. The molecule has 0 radical (unpaired) electrons. The summed E-state index contributed by atoms with van der Waals surface area (Å²) >= 11 is 0. The van der Waals surface area contributed by atoms with Crippen LogP contribution in [0.15, 0.2) is 249 Å². The summed E-state index contributed by atoms with van der Waals surface area (Å²) in [5.74, 6) is 1.63. The molecule has 9 aromatic carbocycles. The number of para-hydroxylation sites is 5. The van der Waals surface area contributed by atoms with Crippen LogP contribution in [0.1, 0.15) is 17.7 Å². The van der Waals surface area contributed by atoms with Gasteiger partial charge in [0.2, 0.25) is 11.9 Å². The molecule has 0 spiro atoms. The van der Waals surface area contributed by atoms with E-state index < -0.39 is 0 Å². The maximum atomic E-state index is 5.53. The van der Waals surface area contributed by atoms with Crippen LogP contribution in [0.5, 0.6) is 0 Å². The fourth-order valence-electron chi connectivity index (χ4n) is 10.1. The van der Waals surface area contributed by atoms with Gasteiger partial charge in [-0.05, 0) is 115 Å². The lowest BCUT2D eigenvalue weighted by Crippen LogP contribution is -2.12. The van der Waals surface area contributed by atoms with Crippen LogP contribution in [0.3, 0.4) is 0 Å². The smallest absolute Gasteiger partial charge is 0.240 e. The number of nitrogens with zero attached hydrogens (tertiary/aromatic N) is 7. The summed E-state index contributed by atoms with van der Waals surface area (Å²) in [4.78, 5) is 21.0. The molecule has 0 saturated heterocycles. The molecule has 13 rings (SSSR count). The van der Waals surface area contributed by atoms with E-state index in [0.717, 1.165) is 101 Å². The van der Waals surface area contributed by atoms with Crippen molar-refractivity contribution in [2.75, 3.05) is 9.80 Å². The number of fused-ring (bicyclic) bond motifs is 6. The highest BCUT2D eigenvalue weighted by Crippen LogP contribution is 2.42. The molecule has 3 heterocycles. The first-order valence-corrected chi connectivity index (χ1v) is 24.0. The fraction of sp³-hybridized carbons (Fsp3) is 0.0156. The third-order valence-electron chi connectivity index (χ3n) is 13.4. The molecule has 7 heteroatoms. The molecular weight excluding hydrogens is 867 g/mol. The Bertz CT molecular complexity index is 3860. The molecule has 0 fully saturated rings. The highest BCUT2D eigenvalue weighted by molar-refractivity contribution is 6.10. The van der Waals surface area contributed by atoms with Gasteiger partial charge in [-0.1, -0.05) is 164 Å². The maximum absolute atomic E-state index is 5.53. The zero-order chi connectivity index (χ0) is 47.1. The fourth-order valence-corrected chi connectivity index (χ4v) is 10.1. The monoisotopic (exact) mass is 911 g/mol. The molecule has 12 aromatic rings. The lowest BCUT2D eigenvalue weighted by molar-refractivity contribution is 0.877. The first kappa shape index (κ1) is 41.6. The number of allylic oxidation sites excluding steroid dienone is 2. The molecule has 0 atom stereocenters. The standard InChI is InChI=1S/C64H45N7/c1-7-21-45(22-8-1)46-35-37-47(38-36-46)62-65-63(70-58-33-18-6-17-31-54(58)56-43-52(39-41-60(56)70)68(48-23-9-2-10-24-48)49-25-11-3-12-26-49)67-64(66-62)71-59-34-20-19-32-55(59)57-44-53(40-42-61(57)71)69(50-27-13-4-14-28-50)51-29-15-5-16-30-51/h1-5,7-44H,6H2. The Morgan fingerprint density at radius 2 is 0.761 bits per heavy atom. The van der Waals surface area contributed by atoms with Crippen molar-refractivity contribution in [1.29, 1.82) is 0 Å². The maximum Gasteiger partial charge on any atom is 0.240 e. The van der Waals surface area contributed by atoms with Crippen LogP contribution in [0.2, 0.25) is 0 Å². The number of hydrogen-bond donors (Lipinski definition) is 0. The van der Waals surface area contributed by atoms with Crippen LogP contribution in [-0.4, -0.2) is 24.1 Å². The van der Waals surface area contributed by atoms with Crippen molar-refractivity contribution < 1.29 is 0 Å². The van der Waals surface area contributed by atoms with Gasteiger partial charge in [-0.2, -0.15) is 15.0 Å². The van der Waals surface area contributed by atoms with Gasteiger partial charge in [0.1, 0.15) is 0 Å². The Balaban J connectivity index is 1.04. The molecular formula is C64H45N7. The number of benzene rings is 9. The van der Waals surface area contributed by atoms with Gasteiger partial charge in [0.05, 0.1) is 22.2 Å². The van der Waals surface area contributed by atoms with Crippen molar-refractivity contribution >= 4 is 79.0 Å². The molecule has 1 aliphatic rings. The van der Waals surface area contributed by atoms with E-state index in [1.54, 1.807) is 0 Å². The van der Waals surface area contributed by atoms with Gasteiger partial charge in [-0.3, -0.25) is 9.13 Å². The van der Waals surface area contributed by atoms with Crippen LogP contribution >= 0.6 is 0 Å². The topological polar surface area (TPSA) is 55.0 Å². The highest BCUT2D eigenvalue weighted by atomic mass is 15.3. The van der Waals surface area contributed by atoms with Gasteiger partial charge in [0, 0.05) is 61.4 Å². The highest BCUT2D eigenvalue weighted by Gasteiger charge is 2.25. The van der Waals surface area contributed by atoms with Crippen molar-refractivity contribution in [3.63, 3.8) is 0 Å². The minimum absolute atomic E-state index is 0.527. The van der Waals surface area contributed by atoms with E-state index in [0.29, 0.717) is 17.7 Å².